The number of carbonyl (C=O) groups is 3. The highest BCUT2D eigenvalue weighted by Gasteiger charge is 2.45. The van der Waals surface area contributed by atoms with Gasteiger partial charge in [0, 0.05) is 66.9 Å². The molecule has 42 heavy (non-hydrogen) atoms. The quantitative estimate of drug-likeness (QED) is 0.195. The van der Waals surface area contributed by atoms with E-state index in [1.165, 1.54) is 11.1 Å². The van der Waals surface area contributed by atoms with Crippen LogP contribution in [0.1, 0.15) is 52.6 Å². The van der Waals surface area contributed by atoms with Gasteiger partial charge in [0.25, 0.3) is 17.4 Å². The Kier molecular flexibility index (Phi) is 8.25. The number of carbonyl (C=O) groups excluding carboxylic acids is 3. The highest BCUT2D eigenvalue weighted by molar-refractivity contribution is 6.26. The molecular formula is C29H33N5O8. The van der Waals surface area contributed by atoms with E-state index in [2.05, 4.69) is 10.3 Å². The minimum atomic E-state index is -1.29. The fourth-order valence-corrected chi connectivity index (χ4v) is 5.63. The number of ether oxygens (including phenoxy) is 1. The zero-order valence-corrected chi connectivity index (χ0v) is 23.3. The van der Waals surface area contributed by atoms with Gasteiger partial charge in [-0.15, -0.1) is 0 Å². The van der Waals surface area contributed by atoms with Gasteiger partial charge in [-0.05, 0) is 31.0 Å². The van der Waals surface area contributed by atoms with Crippen LogP contribution >= 0.6 is 0 Å². The Morgan fingerprint density at radius 1 is 1.02 bits per heavy atom. The van der Waals surface area contributed by atoms with Crippen LogP contribution < -0.4 is 21.5 Å². The molecule has 5 rings (SSSR count). The predicted molar refractivity (Wildman–Crippen MR) is 152 cm³/mol. The molecule has 4 N–H and O–H groups in total. The normalized spacial score (nSPS) is 21.7. The summed E-state index contributed by atoms with van der Waals surface area (Å²) in [7, 11) is 3.81. The number of hydrogen-bond acceptors (Lipinski definition) is 9. The molecule has 0 radical (unpaired) electrons. The summed E-state index contributed by atoms with van der Waals surface area (Å²) in [6.07, 6.45) is -0.711. The number of rotatable bonds is 10. The summed E-state index contributed by atoms with van der Waals surface area (Å²) in [6, 6.07) is 9.14. The van der Waals surface area contributed by atoms with E-state index in [1.54, 1.807) is 12.1 Å². The Morgan fingerprint density at radius 3 is 2.45 bits per heavy atom. The molecule has 0 bridgehead atoms. The van der Waals surface area contributed by atoms with E-state index in [-0.39, 0.29) is 24.8 Å². The Morgan fingerprint density at radius 2 is 1.76 bits per heavy atom. The third-order valence-corrected chi connectivity index (χ3v) is 7.74. The SMILES string of the molecule is CN(C)c1ccc2c3c(cccc13)C(=O)N(CCCCCC(=O)N[C@@H]1[C@H](O)[C@@H](CO)O[C@H]1n1ccc(=O)[nH]c1=O)C2=O. The first-order chi connectivity index (χ1) is 20.1. The summed E-state index contributed by atoms with van der Waals surface area (Å²) >= 11 is 0. The van der Waals surface area contributed by atoms with Gasteiger partial charge in [0.05, 0.1) is 6.61 Å². The minimum absolute atomic E-state index is 0.0810. The summed E-state index contributed by atoms with van der Waals surface area (Å²) in [4.78, 5) is 68.2. The molecule has 4 atom stereocenters. The Labute approximate surface area is 240 Å². The maximum Gasteiger partial charge on any atom is 0.330 e. The summed E-state index contributed by atoms with van der Waals surface area (Å²) in [5.41, 5.74) is 0.501. The van der Waals surface area contributed by atoms with Gasteiger partial charge in [0.2, 0.25) is 5.91 Å². The smallest absolute Gasteiger partial charge is 0.330 e. The third kappa shape index (κ3) is 5.33. The number of unbranched alkanes of at least 4 members (excludes halogenated alkanes) is 2. The van der Waals surface area contributed by atoms with Crippen molar-refractivity contribution >= 4 is 34.2 Å². The average molecular weight is 580 g/mol. The lowest BCUT2D eigenvalue weighted by Gasteiger charge is -2.28. The molecule has 2 aromatic carbocycles. The van der Waals surface area contributed by atoms with Gasteiger partial charge in [-0.3, -0.25) is 33.6 Å². The van der Waals surface area contributed by atoms with Gasteiger partial charge in [0.1, 0.15) is 18.2 Å². The molecule has 3 amide bonds. The van der Waals surface area contributed by atoms with Gasteiger partial charge in [-0.1, -0.05) is 18.6 Å². The first kappa shape index (κ1) is 29.2. The maximum atomic E-state index is 13.3. The minimum Gasteiger partial charge on any atom is -0.394 e. The second-order valence-electron chi connectivity index (χ2n) is 10.7. The number of aliphatic hydroxyl groups is 2. The number of anilines is 1. The second kappa shape index (κ2) is 11.9. The van der Waals surface area contributed by atoms with Crippen LogP contribution in [0.15, 0.2) is 52.2 Å². The van der Waals surface area contributed by atoms with Crippen LogP contribution in [0.3, 0.4) is 0 Å². The lowest BCUT2D eigenvalue weighted by atomic mass is 9.92. The highest BCUT2D eigenvalue weighted by atomic mass is 16.5. The molecule has 0 saturated carbocycles. The van der Waals surface area contributed by atoms with Crippen molar-refractivity contribution in [3.8, 4) is 0 Å². The molecule has 1 fully saturated rings. The molecule has 0 spiro atoms. The standard InChI is InChI=1S/C29H33N5O8/c1-32(2)19-11-10-18-23-16(19)7-6-8-17(23)26(39)33(27(18)40)13-5-3-4-9-21(36)30-24-25(38)20(15-35)42-28(24)34-14-12-22(37)31-29(34)41/h6-8,10-12,14,20,24-25,28,35,38H,3-5,9,13,15H2,1-2H3,(H,30,36)(H,31,37,41)/t20-,24-,25-,28-/m1/s1. The molecule has 0 unspecified atom stereocenters. The Hall–Kier alpha value is -4.33. The number of nitrogens with zero attached hydrogens (tertiary/aromatic N) is 3. The molecule has 3 aromatic rings. The number of hydrogen-bond donors (Lipinski definition) is 4. The molecule has 13 heteroatoms. The highest BCUT2D eigenvalue weighted by Crippen LogP contribution is 2.35. The van der Waals surface area contributed by atoms with Gasteiger partial charge in [-0.25, -0.2) is 4.79 Å². The van der Waals surface area contributed by atoms with Crippen LogP contribution in [-0.4, -0.2) is 87.9 Å². The van der Waals surface area contributed by atoms with E-state index in [1.807, 2.05) is 37.2 Å². The lowest BCUT2D eigenvalue weighted by Crippen LogP contribution is -2.48. The first-order valence-corrected chi connectivity index (χ1v) is 13.8. The van der Waals surface area contributed by atoms with Crippen molar-refractivity contribution in [3.05, 3.63) is 74.6 Å². The number of amides is 3. The number of nitrogens with one attached hydrogen (secondary N) is 2. The molecule has 3 heterocycles. The number of aromatic nitrogens is 2. The molecule has 2 aliphatic heterocycles. The number of aromatic amines is 1. The van der Waals surface area contributed by atoms with E-state index < -0.39 is 48.2 Å². The van der Waals surface area contributed by atoms with Gasteiger partial charge in [-0.2, -0.15) is 0 Å². The topological polar surface area (TPSA) is 174 Å². The van der Waals surface area contributed by atoms with Crippen molar-refractivity contribution in [3.63, 3.8) is 0 Å². The number of H-pyrrole nitrogens is 1. The van der Waals surface area contributed by atoms with E-state index in [4.69, 9.17) is 4.74 Å². The zero-order valence-electron chi connectivity index (χ0n) is 23.3. The van der Waals surface area contributed by atoms with E-state index in [0.29, 0.717) is 35.8 Å². The van der Waals surface area contributed by atoms with E-state index >= 15 is 0 Å². The fourth-order valence-electron chi connectivity index (χ4n) is 5.63. The van der Waals surface area contributed by atoms with Gasteiger partial charge < -0.3 is 25.2 Å². The average Bonchev–Trinajstić information content (AvgIpc) is 3.27. The molecule has 1 saturated heterocycles. The number of aliphatic hydroxyl groups excluding tert-OH is 2. The summed E-state index contributed by atoms with van der Waals surface area (Å²) < 4.78 is 6.63. The summed E-state index contributed by atoms with van der Waals surface area (Å²) in [5, 5.41) is 24.3. The van der Waals surface area contributed by atoms with Crippen LogP contribution in [-0.2, 0) is 9.53 Å². The third-order valence-electron chi connectivity index (χ3n) is 7.74. The zero-order chi connectivity index (χ0) is 30.1. The summed E-state index contributed by atoms with van der Waals surface area (Å²) in [5.74, 6) is -1.10. The first-order valence-electron chi connectivity index (χ1n) is 13.8. The van der Waals surface area contributed by atoms with E-state index in [9.17, 15) is 34.2 Å². The van der Waals surface area contributed by atoms with Crippen molar-refractivity contribution in [2.45, 2.75) is 50.2 Å². The van der Waals surface area contributed by atoms with Gasteiger partial charge >= 0.3 is 5.69 Å². The molecular weight excluding hydrogens is 546 g/mol. The molecule has 1 aromatic heterocycles. The fraction of sp³-hybridized carbons (Fsp3) is 0.414. The van der Waals surface area contributed by atoms with Crippen molar-refractivity contribution in [2.24, 2.45) is 0 Å². The lowest BCUT2D eigenvalue weighted by molar-refractivity contribution is -0.123. The van der Waals surface area contributed by atoms with Crippen molar-refractivity contribution in [2.75, 3.05) is 32.1 Å². The molecule has 222 valence electrons. The maximum absolute atomic E-state index is 13.3. The van der Waals surface area contributed by atoms with Crippen LogP contribution in [0.2, 0.25) is 0 Å². The molecule has 2 aliphatic rings. The Balaban J connectivity index is 1.17. The number of imide groups is 1. The van der Waals surface area contributed by atoms with Crippen LogP contribution in [0.5, 0.6) is 0 Å². The van der Waals surface area contributed by atoms with Crippen LogP contribution in [0.25, 0.3) is 10.8 Å². The second-order valence-corrected chi connectivity index (χ2v) is 10.7. The van der Waals surface area contributed by atoms with Crippen molar-refractivity contribution in [1.82, 2.24) is 19.8 Å². The monoisotopic (exact) mass is 579 g/mol. The molecule has 13 nitrogen and oxygen atoms in total. The molecule has 0 aliphatic carbocycles. The van der Waals surface area contributed by atoms with Crippen LogP contribution in [0.4, 0.5) is 5.69 Å². The number of benzene rings is 2. The predicted octanol–water partition coefficient (Wildman–Crippen LogP) is 0.348. The summed E-state index contributed by atoms with van der Waals surface area (Å²) in [6.45, 7) is -0.332. The van der Waals surface area contributed by atoms with Gasteiger partial charge in [0.15, 0.2) is 6.23 Å². The van der Waals surface area contributed by atoms with Crippen molar-refractivity contribution < 1.29 is 29.3 Å². The van der Waals surface area contributed by atoms with Crippen molar-refractivity contribution in [1.29, 1.82) is 0 Å². The van der Waals surface area contributed by atoms with E-state index in [0.717, 1.165) is 21.7 Å². The van der Waals surface area contributed by atoms with Crippen LogP contribution in [0, 0.1) is 0 Å². The Bertz CT molecular complexity index is 1620. The largest absolute Gasteiger partial charge is 0.394 e.